The van der Waals surface area contributed by atoms with Crippen molar-refractivity contribution in [3.8, 4) is 34.5 Å². The molecule has 0 amide bonds. The summed E-state index contributed by atoms with van der Waals surface area (Å²) in [7, 11) is 0. The molecule has 2 aliphatic rings. The molecule has 0 spiro atoms. The molecule has 176 valence electrons. The summed E-state index contributed by atoms with van der Waals surface area (Å²) < 4.78 is 6.29. The Bertz CT molecular complexity index is 1440. The van der Waals surface area contributed by atoms with Gasteiger partial charge in [-0.25, -0.2) is 0 Å². The molecule has 7 nitrogen and oxygen atoms in total. The standard InChI is InChI=1S/C28H22O7/c29-15-5-1-13(2-6-15)23-24-19(9-17(31)11-21(24)33)26-25-20(27(23)34)10-18(32)12-22(25)35-28(26)14-3-7-16(30)8-4-14/h1-12,23,26-34H/t23-,26+,27-,28-/m1/s1. The summed E-state index contributed by atoms with van der Waals surface area (Å²) >= 11 is 0. The average Bonchev–Trinajstić information content (AvgIpc) is 3.15. The highest BCUT2D eigenvalue weighted by Crippen LogP contribution is 2.60. The topological polar surface area (TPSA) is 131 Å². The van der Waals surface area contributed by atoms with Crippen molar-refractivity contribution in [3.63, 3.8) is 0 Å². The van der Waals surface area contributed by atoms with Crippen LogP contribution < -0.4 is 4.74 Å². The summed E-state index contributed by atoms with van der Waals surface area (Å²) in [6.45, 7) is 0. The predicted octanol–water partition coefficient (Wildman–Crippen LogP) is 4.66. The molecule has 1 aliphatic carbocycles. The van der Waals surface area contributed by atoms with E-state index in [-0.39, 0.29) is 28.7 Å². The van der Waals surface area contributed by atoms with Gasteiger partial charge in [0.05, 0.1) is 12.0 Å². The molecule has 0 unspecified atom stereocenters. The van der Waals surface area contributed by atoms with Crippen molar-refractivity contribution in [2.24, 2.45) is 0 Å². The number of hydrogen-bond acceptors (Lipinski definition) is 7. The molecule has 6 N–H and O–H groups in total. The first-order chi connectivity index (χ1) is 16.8. The third kappa shape index (κ3) is 3.24. The number of aliphatic hydroxyl groups excluding tert-OH is 1. The number of aliphatic hydroxyl groups is 1. The van der Waals surface area contributed by atoms with Crippen molar-refractivity contribution in [1.29, 1.82) is 0 Å². The van der Waals surface area contributed by atoms with Gasteiger partial charge in [0.1, 0.15) is 40.6 Å². The quantitative estimate of drug-likeness (QED) is 0.251. The average molecular weight is 470 g/mol. The summed E-state index contributed by atoms with van der Waals surface area (Å²) in [6, 6.07) is 18.7. The van der Waals surface area contributed by atoms with E-state index in [2.05, 4.69) is 0 Å². The Morgan fingerprint density at radius 2 is 1.11 bits per heavy atom. The lowest BCUT2D eigenvalue weighted by atomic mass is 9.80. The van der Waals surface area contributed by atoms with Crippen LogP contribution >= 0.6 is 0 Å². The summed E-state index contributed by atoms with van der Waals surface area (Å²) in [4.78, 5) is 0. The van der Waals surface area contributed by atoms with Gasteiger partial charge >= 0.3 is 0 Å². The minimum Gasteiger partial charge on any atom is -0.508 e. The van der Waals surface area contributed by atoms with Crippen LogP contribution in [-0.2, 0) is 0 Å². The second-order valence-corrected chi connectivity index (χ2v) is 9.04. The van der Waals surface area contributed by atoms with Gasteiger partial charge in [-0.3, -0.25) is 0 Å². The van der Waals surface area contributed by atoms with Crippen molar-refractivity contribution in [3.05, 3.63) is 106 Å². The highest BCUT2D eigenvalue weighted by atomic mass is 16.5. The second-order valence-electron chi connectivity index (χ2n) is 9.04. The van der Waals surface area contributed by atoms with Gasteiger partial charge in [0.15, 0.2) is 0 Å². The van der Waals surface area contributed by atoms with Crippen LogP contribution in [0.2, 0.25) is 0 Å². The van der Waals surface area contributed by atoms with E-state index >= 15 is 0 Å². The largest absolute Gasteiger partial charge is 0.508 e. The van der Waals surface area contributed by atoms with Crippen molar-refractivity contribution in [1.82, 2.24) is 0 Å². The molecule has 4 aromatic rings. The van der Waals surface area contributed by atoms with Crippen molar-refractivity contribution in [2.75, 3.05) is 0 Å². The Morgan fingerprint density at radius 3 is 1.77 bits per heavy atom. The van der Waals surface area contributed by atoms with Gasteiger partial charge in [-0.05, 0) is 58.7 Å². The van der Waals surface area contributed by atoms with E-state index in [9.17, 15) is 30.6 Å². The Balaban J connectivity index is 1.67. The molecule has 1 aliphatic heterocycles. The highest BCUT2D eigenvalue weighted by molar-refractivity contribution is 5.65. The molecular formula is C28H22O7. The van der Waals surface area contributed by atoms with E-state index < -0.39 is 24.0 Å². The number of fused-ring (bicyclic) bond motifs is 2. The molecule has 0 saturated carbocycles. The lowest BCUT2D eigenvalue weighted by Gasteiger charge is -2.27. The van der Waals surface area contributed by atoms with E-state index in [0.29, 0.717) is 33.6 Å². The maximum absolute atomic E-state index is 11.7. The molecule has 0 aromatic heterocycles. The third-order valence-corrected chi connectivity index (χ3v) is 6.96. The lowest BCUT2D eigenvalue weighted by molar-refractivity contribution is 0.157. The highest BCUT2D eigenvalue weighted by Gasteiger charge is 2.47. The molecule has 35 heavy (non-hydrogen) atoms. The van der Waals surface area contributed by atoms with Gasteiger partial charge in [-0.2, -0.15) is 0 Å². The Labute approximate surface area is 200 Å². The fourth-order valence-electron chi connectivity index (χ4n) is 5.52. The molecule has 1 heterocycles. The minimum atomic E-state index is -1.18. The number of benzene rings is 4. The number of aromatic hydroxyl groups is 5. The van der Waals surface area contributed by atoms with E-state index in [1.54, 1.807) is 42.5 Å². The molecular weight excluding hydrogens is 448 g/mol. The Kier molecular flexibility index (Phi) is 4.59. The first-order valence-electron chi connectivity index (χ1n) is 11.2. The van der Waals surface area contributed by atoms with Crippen LogP contribution in [0.15, 0.2) is 72.8 Å². The van der Waals surface area contributed by atoms with Gasteiger partial charge in [0, 0.05) is 29.2 Å². The summed E-state index contributed by atoms with van der Waals surface area (Å²) in [5.41, 5.74) is 3.46. The number of phenols is 5. The van der Waals surface area contributed by atoms with Gasteiger partial charge in [-0.15, -0.1) is 0 Å². The zero-order valence-electron chi connectivity index (χ0n) is 18.3. The van der Waals surface area contributed by atoms with Gasteiger partial charge in [0.25, 0.3) is 0 Å². The molecule has 0 radical (unpaired) electrons. The molecule has 4 aromatic carbocycles. The van der Waals surface area contributed by atoms with E-state index in [1.807, 2.05) is 0 Å². The normalized spacial score (nSPS) is 22.1. The predicted molar refractivity (Wildman–Crippen MR) is 126 cm³/mol. The first kappa shape index (κ1) is 21.2. The van der Waals surface area contributed by atoms with Crippen LogP contribution in [0.25, 0.3) is 0 Å². The zero-order chi connectivity index (χ0) is 24.4. The van der Waals surface area contributed by atoms with Crippen LogP contribution in [-0.4, -0.2) is 30.6 Å². The number of ether oxygens (including phenoxy) is 1. The third-order valence-electron chi connectivity index (χ3n) is 6.96. The summed E-state index contributed by atoms with van der Waals surface area (Å²) in [5, 5.41) is 63.3. The molecule has 7 heteroatoms. The fraction of sp³-hybridized carbons (Fsp3) is 0.143. The molecule has 0 saturated heterocycles. The van der Waals surface area contributed by atoms with Crippen LogP contribution in [0.1, 0.15) is 57.4 Å². The van der Waals surface area contributed by atoms with Crippen molar-refractivity contribution in [2.45, 2.75) is 24.0 Å². The lowest BCUT2D eigenvalue weighted by Crippen LogP contribution is -2.15. The second kappa shape index (κ2) is 7.58. The first-order valence-corrected chi connectivity index (χ1v) is 11.2. The summed E-state index contributed by atoms with van der Waals surface area (Å²) in [5.74, 6) is -1.15. The van der Waals surface area contributed by atoms with Gasteiger partial charge < -0.3 is 35.4 Å². The summed E-state index contributed by atoms with van der Waals surface area (Å²) in [6.07, 6.45) is -1.79. The molecule has 4 atom stereocenters. The van der Waals surface area contributed by atoms with Crippen LogP contribution in [0.4, 0.5) is 0 Å². The zero-order valence-corrected chi connectivity index (χ0v) is 18.3. The van der Waals surface area contributed by atoms with Crippen molar-refractivity contribution < 1.29 is 35.4 Å². The number of hydrogen-bond donors (Lipinski definition) is 6. The fourth-order valence-corrected chi connectivity index (χ4v) is 5.52. The van der Waals surface area contributed by atoms with E-state index in [1.165, 1.54) is 30.3 Å². The smallest absolute Gasteiger partial charge is 0.135 e. The van der Waals surface area contributed by atoms with Crippen molar-refractivity contribution >= 4 is 0 Å². The molecule has 0 bridgehead atoms. The maximum Gasteiger partial charge on any atom is 0.135 e. The number of phenolic OH excluding ortho intramolecular Hbond substituents is 5. The van der Waals surface area contributed by atoms with Gasteiger partial charge in [0.2, 0.25) is 0 Å². The SMILES string of the molecule is Oc1ccc([C@@H]2c3c(O)cc(O)cc3[C@H]3c4c(cc(O)cc4[C@H]2O)O[C@@H]3c2ccc(O)cc2)cc1. The van der Waals surface area contributed by atoms with E-state index in [4.69, 9.17) is 4.74 Å². The maximum atomic E-state index is 11.7. The molecule has 6 rings (SSSR count). The number of rotatable bonds is 2. The molecule has 0 fully saturated rings. The van der Waals surface area contributed by atoms with E-state index in [0.717, 1.165) is 5.56 Å². The van der Waals surface area contributed by atoms with Crippen LogP contribution in [0.3, 0.4) is 0 Å². The monoisotopic (exact) mass is 470 g/mol. The van der Waals surface area contributed by atoms with Crippen LogP contribution in [0, 0.1) is 0 Å². The van der Waals surface area contributed by atoms with Crippen LogP contribution in [0.5, 0.6) is 34.5 Å². The Morgan fingerprint density at radius 1 is 0.543 bits per heavy atom. The minimum absolute atomic E-state index is 0.0622. The Hall–Kier alpha value is -4.36. The van der Waals surface area contributed by atoms with Gasteiger partial charge in [-0.1, -0.05) is 24.3 Å².